The number of likely N-dealkylation sites (tertiary alicyclic amines) is 1. The van der Waals surface area contributed by atoms with Crippen molar-refractivity contribution < 1.29 is 4.79 Å². The molecule has 1 aliphatic rings. The zero-order chi connectivity index (χ0) is 16.3. The number of carbonyl (C=O) groups excluding carboxylic acids is 1. The molecule has 6 nitrogen and oxygen atoms in total. The van der Waals surface area contributed by atoms with Gasteiger partial charge >= 0.3 is 0 Å². The third-order valence-electron chi connectivity index (χ3n) is 4.35. The van der Waals surface area contributed by atoms with E-state index in [1.165, 1.54) is 0 Å². The Morgan fingerprint density at radius 2 is 2.09 bits per heavy atom. The predicted molar refractivity (Wildman–Crippen MR) is 86.3 cm³/mol. The lowest BCUT2D eigenvalue weighted by Crippen LogP contribution is -2.52. The van der Waals surface area contributed by atoms with Crippen LogP contribution < -0.4 is 0 Å². The first-order chi connectivity index (χ1) is 11.1. The molecule has 120 valence electrons. The SMILES string of the molecule is CN(C)C(=O)C1(c2cnccn2)CCCN1Cc1cccnc1. The van der Waals surface area contributed by atoms with Crippen molar-refractivity contribution in [1.29, 1.82) is 0 Å². The van der Waals surface area contributed by atoms with Crippen LogP contribution in [0, 0.1) is 0 Å². The Labute approximate surface area is 136 Å². The number of hydrogen-bond acceptors (Lipinski definition) is 5. The highest BCUT2D eigenvalue weighted by Gasteiger charge is 2.50. The maximum Gasteiger partial charge on any atom is 0.248 e. The summed E-state index contributed by atoms with van der Waals surface area (Å²) in [5, 5.41) is 0. The molecular formula is C17H21N5O. The van der Waals surface area contributed by atoms with Gasteiger partial charge < -0.3 is 4.90 Å². The fraction of sp³-hybridized carbons (Fsp3) is 0.412. The molecule has 0 saturated carbocycles. The summed E-state index contributed by atoms with van der Waals surface area (Å²) in [6, 6.07) is 3.95. The first-order valence-corrected chi connectivity index (χ1v) is 7.77. The van der Waals surface area contributed by atoms with E-state index in [1.807, 2.05) is 18.3 Å². The van der Waals surface area contributed by atoms with Crippen molar-refractivity contribution in [2.75, 3.05) is 20.6 Å². The van der Waals surface area contributed by atoms with Crippen molar-refractivity contribution in [3.8, 4) is 0 Å². The minimum Gasteiger partial charge on any atom is -0.347 e. The molecule has 2 aromatic heterocycles. The summed E-state index contributed by atoms with van der Waals surface area (Å²) in [6.45, 7) is 1.52. The maximum atomic E-state index is 13.1. The van der Waals surface area contributed by atoms with Crippen molar-refractivity contribution in [1.82, 2.24) is 24.8 Å². The summed E-state index contributed by atoms with van der Waals surface area (Å²) >= 11 is 0. The Bertz CT molecular complexity index is 661. The topological polar surface area (TPSA) is 62.2 Å². The van der Waals surface area contributed by atoms with E-state index in [0.717, 1.165) is 30.6 Å². The summed E-state index contributed by atoms with van der Waals surface area (Å²) in [7, 11) is 3.59. The number of likely N-dealkylation sites (N-methyl/N-ethyl adjacent to an activating group) is 1. The van der Waals surface area contributed by atoms with Gasteiger partial charge in [-0.05, 0) is 31.0 Å². The van der Waals surface area contributed by atoms with Gasteiger partial charge in [0.05, 0.1) is 11.9 Å². The largest absolute Gasteiger partial charge is 0.347 e. The molecule has 0 N–H and O–H groups in total. The van der Waals surface area contributed by atoms with Crippen LogP contribution >= 0.6 is 0 Å². The van der Waals surface area contributed by atoms with Crippen LogP contribution in [0.1, 0.15) is 24.1 Å². The third-order valence-corrected chi connectivity index (χ3v) is 4.35. The van der Waals surface area contributed by atoms with Gasteiger partial charge in [-0.1, -0.05) is 6.07 Å². The van der Waals surface area contributed by atoms with Crippen molar-refractivity contribution in [3.05, 3.63) is 54.4 Å². The van der Waals surface area contributed by atoms with Crippen LogP contribution in [-0.2, 0) is 16.9 Å². The van der Waals surface area contributed by atoms with Crippen molar-refractivity contribution in [2.24, 2.45) is 0 Å². The monoisotopic (exact) mass is 311 g/mol. The number of rotatable bonds is 4. The number of pyridine rings is 1. The first-order valence-electron chi connectivity index (χ1n) is 7.77. The van der Waals surface area contributed by atoms with Crippen molar-refractivity contribution >= 4 is 5.91 Å². The summed E-state index contributed by atoms with van der Waals surface area (Å²) in [6.07, 6.45) is 10.3. The number of aromatic nitrogens is 3. The van der Waals surface area contributed by atoms with Crippen LogP contribution in [0.3, 0.4) is 0 Å². The third kappa shape index (κ3) is 2.82. The van der Waals surface area contributed by atoms with E-state index in [-0.39, 0.29) is 5.91 Å². The van der Waals surface area contributed by atoms with E-state index in [9.17, 15) is 4.79 Å². The molecule has 1 amide bonds. The Balaban J connectivity index is 2.02. The molecule has 0 aliphatic carbocycles. The van der Waals surface area contributed by atoms with Gasteiger partial charge in [-0.3, -0.25) is 24.6 Å². The predicted octanol–water partition coefficient (Wildman–Crippen LogP) is 1.45. The molecule has 2 aromatic rings. The van der Waals surface area contributed by atoms with Gasteiger partial charge in [0, 0.05) is 45.4 Å². The molecule has 1 unspecified atom stereocenters. The summed E-state index contributed by atoms with van der Waals surface area (Å²) < 4.78 is 0. The van der Waals surface area contributed by atoms with Gasteiger partial charge in [-0.25, -0.2) is 0 Å². The highest BCUT2D eigenvalue weighted by Crippen LogP contribution is 2.40. The molecule has 0 aromatic carbocycles. The Morgan fingerprint density at radius 1 is 1.26 bits per heavy atom. The van der Waals surface area contributed by atoms with Crippen LogP contribution in [0.4, 0.5) is 0 Å². The molecule has 1 aliphatic heterocycles. The van der Waals surface area contributed by atoms with Gasteiger partial charge in [0.1, 0.15) is 5.54 Å². The van der Waals surface area contributed by atoms with E-state index in [0.29, 0.717) is 6.54 Å². The molecule has 1 atom stereocenters. The average molecular weight is 311 g/mol. The Kier molecular flexibility index (Phi) is 4.34. The van der Waals surface area contributed by atoms with Crippen molar-refractivity contribution in [3.63, 3.8) is 0 Å². The molecule has 0 radical (unpaired) electrons. The van der Waals surface area contributed by atoms with E-state index in [2.05, 4.69) is 19.9 Å². The van der Waals surface area contributed by atoms with Crippen LogP contribution in [0.2, 0.25) is 0 Å². The zero-order valence-corrected chi connectivity index (χ0v) is 13.5. The van der Waals surface area contributed by atoms with Crippen LogP contribution in [0.5, 0.6) is 0 Å². The fourth-order valence-corrected chi connectivity index (χ4v) is 3.33. The normalized spacial score (nSPS) is 21.3. The Hall–Kier alpha value is -2.34. The van der Waals surface area contributed by atoms with Gasteiger partial charge in [-0.2, -0.15) is 0 Å². The second-order valence-corrected chi connectivity index (χ2v) is 6.04. The second-order valence-electron chi connectivity index (χ2n) is 6.04. The number of amides is 1. The summed E-state index contributed by atoms with van der Waals surface area (Å²) in [5.74, 6) is 0.0550. The molecule has 6 heteroatoms. The van der Waals surface area contributed by atoms with E-state index < -0.39 is 5.54 Å². The van der Waals surface area contributed by atoms with Gasteiger partial charge in [0.25, 0.3) is 0 Å². The maximum absolute atomic E-state index is 13.1. The van der Waals surface area contributed by atoms with E-state index in [4.69, 9.17) is 0 Å². The number of nitrogens with zero attached hydrogens (tertiary/aromatic N) is 5. The first kappa shape index (κ1) is 15.6. The molecule has 23 heavy (non-hydrogen) atoms. The molecule has 3 heterocycles. The fourth-order valence-electron chi connectivity index (χ4n) is 3.33. The number of hydrogen-bond donors (Lipinski definition) is 0. The molecule has 0 bridgehead atoms. The highest BCUT2D eigenvalue weighted by atomic mass is 16.2. The lowest BCUT2D eigenvalue weighted by molar-refractivity contribution is -0.141. The van der Waals surface area contributed by atoms with Gasteiger partial charge in [0.15, 0.2) is 0 Å². The van der Waals surface area contributed by atoms with Crippen molar-refractivity contribution in [2.45, 2.75) is 24.9 Å². The van der Waals surface area contributed by atoms with E-state index in [1.54, 1.807) is 43.8 Å². The molecule has 1 fully saturated rings. The van der Waals surface area contributed by atoms with Crippen LogP contribution in [0.25, 0.3) is 0 Å². The Morgan fingerprint density at radius 3 is 2.74 bits per heavy atom. The van der Waals surface area contributed by atoms with Crippen LogP contribution in [-0.4, -0.2) is 51.3 Å². The lowest BCUT2D eigenvalue weighted by Gasteiger charge is -2.38. The smallest absolute Gasteiger partial charge is 0.248 e. The van der Waals surface area contributed by atoms with Gasteiger partial charge in [0.2, 0.25) is 5.91 Å². The summed E-state index contributed by atoms with van der Waals surface area (Å²) in [5.41, 5.74) is 1.07. The quantitative estimate of drug-likeness (QED) is 0.855. The standard InChI is InChI=1S/C17H21N5O/c1-21(2)16(23)17(15-12-19-8-9-20-15)6-4-10-22(17)13-14-5-3-7-18-11-14/h3,5,7-9,11-12H,4,6,10,13H2,1-2H3. The minimum atomic E-state index is -0.742. The van der Waals surface area contributed by atoms with Gasteiger partial charge in [-0.15, -0.1) is 0 Å². The number of carbonyl (C=O) groups is 1. The molecule has 0 spiro atoms. The van der Waals surface area contributed by atoms with Crippen LogP contribution in [0.15, 0.2) is 43.1 Å². The highest BCUT2D eigenvalue weighted by molar-refractivity contribution is 5.87. The molecule has 1 saturated heterocycles. The van der Waals surface area contributed by atoms with E-state index >= 15 is 0 Å². The molecule has 3 rings (SSSR count). The molecular weight excluding hydrogens is 290 g/mol. The lowest BCUT2D eigenvalue weighted by atomic mass is 9.90. The second kappa shape index (κ2) is 6.42. The zero-order valence-electron chi connectivity index (χ0n) is 13.5. The average Bonchev–Trinajstić information content (AvgIpc) is 3.00. The minimum absolute atomic E-state index is 0.0550. The summed E-state index contributed by atoms with van der Waals surface area (Å²) in [4.78, 5) is 29.7.